The molecule has 0 saturated heterocycles. The van der Waals surface area contributed by atoms with Crippen LogP contribution in [-0.4, -0.2) is 43.3 Å². The van der Waals surface area contributed by atoms with E-state index in [2.05, 4.69) is 65.5 Å². The highest BCUT2D eigenvalue weighted by atomic mass is 32.1. The molecule has 0 spiro atoms. The molecule has 0 fully saturated rings. The molecule has 1 atom stereocenters. The van der Waals surface area contributed by atoms with Crippen LogP contribution in [0.15, 0.2) is 42.7 Å². The second-order valence-electron chi connectivity index (χ2n) is 9.49. The van der Waals surface area contributed by atoms with Crippen LogP contribution in [0, 0.1) is 5.92 Å². The van der Waals surface area contributed by atoms with E-state index in [1.54, 1.807) is 26.4 Å². The Labute approximate surface area is 212 Å². The highest BCUT2D eigenvalue weighted by Gasteiger charge is 2.29. The highest BCUT2D eigenvalue weighted by molar-refractivity contribution is 7.15. The molecular formula is C27H36N4O3S. The molecule has 2 amide bonds. The number of likely N-dealkylation sites (N-methyl/N-ethyl adjacent to an activating group) is 1. The molecule has 0 aliphatic carbocycles. The van der Waals surface area contributed by atoms with Crippen LogP contribution in [0.5, 0.6) is 11.5 Å². The van der Waals surface area contributed by atoms with Crippen molar-refractivity contribution in [3.8, 4) is 16.5 Å². The van der Waals surface area contributed by atoms with Gasteiger partial charge in [0.15, 0.2) is 11.5 Å². The van der Waals surface area contributed by atoms with Crippen molar-refractivity contribution in [1.82, 2.24) is 14.8 Å². The van der Waals surface area contributed by atoms with Crippen molar-refractivity contribution in [1.29, 1.82) is 0 Å². The number of hydrogen-bond donors (Lipinski definition) is 2. The second-order valence-corrected chi connectivity index (χ2v) is 10.6. The number of anilines is 1. The predicted molar refractivity (Wildman–Crippen MR) is 142 cm³/mol. The number of carbonyl (C=O) groups is 1. The van der Waals surface area contributed by atoms with Crippen LogP contribution in [0.1, 0.15) is 48.7 Å². The average Bonchev–Trinajstić information content (AvgIpc) is 3.49. The second kappa shape index (κ2) is 11.2. The summed E-state index contributed by atoms with van der Waals surface area (Å²) < 4.78 is 12.9. The molecule has 4 rings (SSSR count). The van der Waals surface area contributed by atoms with Crippen molar-refractivity contribution >= 4 is 23.1 Å². The molecule has 3 aromatic rings. The van der Waals surface area contributed by atoms with Crippen LogP contribution in [0.3, 0.4) is 0 Å². The first-order chi connectivity index (χ1) is 16.9. The number of rotatable bonds is 9. The first kappa shape index (κ1) is 25.1. The summed E-state index contributed by atoms with van der Waals surface area (Å²) in [4.78, 5) is 17.0. The molecule has 2 N–H and O–H groups in total. The van der Waals surface area contributed by atoms with Gasteiger partial charge in [0.05, 0.1) is 20.3 Å². The highest BCUT2D eigenvalue weighted by Crippen LogP contribution is 2.41. The van der Waals surface area contributed by atoms with Crippen LogP contribution >= 0.6 is 11.3 Å². The van der Waals surface area contributed by atoms with Crippen molar-refractivity contribution in [3.63, 3.8) is 0 Å². The zero-order valence-electron chi connectivity index (χ0n) is 21.3. The number of thiophene rings is 1. The van der Waals surface area contributed by atoms with Gasteiger partial charge in [-0.3, -0.25) is 0 Å². The Morgan fingerprint density at radius 1 is 1.11 bits per heavy atom. The zero-order valence-corrected chi connectivity index (χ0v) is 22.1. The molecule has 0 saturated carbocycles. The lowest BCUT2D eigenvalue weighted by molar-refractivity contribution is 0.247. The largest absolute Gasteiger partial charge is 0.493 e. The van der Waals surface area contributed by atoms with Crippen LogP contribution < -0.4 is 20.1 Å². The van der Waals surface area contributed by atoms with Gasteiger partial charge < -0.3 is 29.6 Å². The minimum atomic E-state index is -0.225. The molecule has 8 heteroatoms. The first-order valence-electron chi connectivity index (χ1n) is 12.2. The molecule has 35 heavy (non-hydrogen) atoms. The van der Waals surface area contributed by atoms with E-state index in [4.69, 9.17) is 9.47 Å². The zero-order chi connectivity index (χ0) is 24.9. The molecule has 2 aromatic heterocycles. The van der Waals surface area contributed by atoms with E-state index in [-0.39, 0.29) is 12.1 Å². The molecule has 1 aromatic carbocycles. The van der Waals surface area contributed by atoms with Gasteiger partial charge in [-0.2, -0.15) is 0 Å². The van der Waals surface area contributed by atoms with E-state index in [1.807, 2.05) is 17.4 Å². The minimum absolute atomic E-state index is 0.0849. The maximum Gasteiger partial charge on any atom is 0.319 e. The van der Waals surface area contributed by atoms with Gasteiger partial charge in [-0.25, -0.2) is 4.79 Å². The Hall–Kier alpha value is -2.97. The van der Waals surface area contributed by atoms with E-state index in [1.165, 1.54) is 21.0 Å². The van der Waals surface area contributed by atoms with Crippen molar-refractivity contribution < 1.29 is 14.3 Å². The third-order valence-electron chi connectivity index (χ3n) is 6.44. The molecule has 1 aliphatic rings. The summed E-state index contributed by atoms with van der Waals surface area (Å²) in [7, 11) is 5.35. The number of hydrogen-bond acceptors (Lipinski definition) is 5. The SMILES string of the molecule is COc1ccc(NC(=O)NC(CCC(C)C)c2c(-n3cccc3)sc3c2CCN(C)C3)cc1OC. The number of methoxy groups -OCH3 is 2. The normalized spacial score (nSPS) is 14.5. The maximum absolute atomic E-state index is 13.2. The number of amides is 2. The Kier molecular flexibility index (Phi) is 8.03. The van der Waals surface area contributed by atoms with Crippen LogP contribution in [-0.2, 0) is 13.0 Å². The van der Waals surface area contributed by atoms with Crippen molar-refractivity contribution in [2.24, 2.45) is 5.92 Å². The van der Waals surface area contributed by atoms with E-state index < -0.39 is 0 Å². The fourth-order valence-corrected chi connectivity index (χ4v) is 6.05. The van der Waals surface area contributed by atoms with Crippen molar-refractivity contribution in [2.75, 3.05) is 33.1 Å². The molecular weight excluding hydrogens is 460 g/mol. The molecule has 0 radical (unpaired) electrons. The fourth-order valence-electron chi connectivity index (χ4n) is 4.59. The predicted octanol–water partition coefficient (Wildman–Crippen LogP) is 5.84. The summed E-state index contributed by atoms with van der Waals surface area (Å²) in [6.07, 6.45) is 7.08. The number of ether oxygens (including phenoxy) is 2. The van der Waals surface area contributed by atoms with E-state index >= 15 is 0 Å². The van der Waals surface area contributed by atoms with E-state index in [0.29, 0.717) is 23.1 Å². The lowest BCUT2D eigenvalue weighted by Gasteiger charge is -2.26. The van der Waals surface area contributed by atoms with Crippen molar-refractivity contribution in [2.45, 2.75) is 45.7 Å². The maximum atomic E-state index is 13.2. The topological polar surface area (TPSA) is 67.8 Å². The van der Waals surface area contributed by atoms with Gasteiger partial charge in [0.1, 0.15) is 5.00 Å². The number of fused-ring (bicyclic) bond motifs is 1. The summed E-state index contributed by atoms with van der Waals surface area (Å²) in [6.45, 7) is 6.43. The summed E-state index contributed by atoms with van der Waals surface area (Å²) >= 11 is 1.85. The molecule has 1 unspecified atom stereocenters. The van der Waals surface area contributed by atoms with Gasteiger partial charge in [-0.05, 0) is 62.1 Å². The summed E-state index contributed by atoms with van der Waals surface area (Å²) in [5.74, 6) is 1.75. The van der Waals surface area contributed by atoms with Crippen LogP contribution in [0.4, 0.5) is 10.5 Å². The number of nitrogens with one attached hydrogen (secondary N) is 2. The van der Waals surface area contributed by atoms with Crippen LogP contribution in [0.2, 0.25) is 0 Å². The lowest BCUT2D eigenvalue weighted by Crippen LogP contribution is -2.34. The monoisotopic (exact) mass is 496 g/mol. The summed E-state index contributed by atoms with van der Waals surface area (Å²) in [6, 6.07) is 9.17. The number of nitrogens with zero attached hydrogens (tertiary/aromatic N) is 2. The van der Waals surface area contributed by atoms with E-state index in [9.17, 15) is 4.79 Å². The van der Waals surface area contributed by atoms with Crippen LogP contribution in [0.25, 0.3) is 5.00 Å². The Morgan fingerprint density at radius 3 is 2.54 bits per heavy atom. The standard InChI is InChI=1S/C27H36N4O3S/c1-18(2)8-10-21(29-27(32)28-19-9-11-22(33-4)23(16-19)34-5)25-20-12-15-30(3)17-24(20)35-26(25)31-13-6-7-14-31/h6-7,9,11,13-14,16,18,21H,8,10,12,15,17H2,1-5H3,(H2,28,29,32). The summed E-state index contributed by atoms with van der Waals surface area (Å²) in [5.41, 5.74) is 3.32. The molecule has 0 bridgehead atoms. The van der Waals surface area contributed by atoms with Gasteiger partial charge in [-0.15, -0.1) is 11.3 Å². The Balaban J connectivity index is 1.64. The smallest absolute Gasteiger partial charge is 0.319 e. The molecule has 7 nitrogen and oxygen atoms in total. The number of aromatic nitrogens is 1. The van der Waals surface area contributed by atoms with Gasteiger partial charge in [0.2, 0.25) is 0 Å². The Bertz CT molecular complexity index is 1140. The summed E-state index contributed by atoms with van der Waals surface area (Å²) in [5, 5.41) is 7.51. The van der Waals surface area contributed by atoms with Gasteiger partial charge in [-0.1, -0.05) is 13.8 Å². The van der Waals surface area contributed by atoms with Crippen molar-refractivity contribution in [3.05, 3.63) is 58.7 Å². The van der Waals surface area contributed by atoms with Gasteiger partial charge in [0.25, 0.3) is 0 Å². The number of urea groups is 1. The Morgan fingerprint density at radius 2 is 1.86 bits per heavy atom. The number of benzene rings is 1. The molecule has 188 valence electrons. The lowest BCUT2D eigenvalue weighted by atomic mass is 9.92. The number of carbonyl (C=O) groups excluding carboxylic acids is 1. The third kappa shape index (κ3) is 5.82. The van der Waals surface area contributed by atoms with Gasteiger partial charge >= 0.3 is 6.03 Å². The molecule has 1 aliphatic heterocycles. The average molecular weight is 497 g/mol. The minimum Gasteiger partial charge on any atom is -0.493 e. The third-order valence-corrected chi connectivity index (χ3v) is 7.68. The van der Waals surface area contributed by atoms with Gasteiger partial charge in [0, 0.05) is 47.7 Å². The quantitative estimate of drug-likeness (QED) is 0.390. The first-order valence-corrected chi connectivity index (χ1v) is 13.0. The fraction of sp³-hybridized carbons (Fsp3) is 0.444. The molecule has 3 heterocycles. The van der Waals surface area contributed by atoms with E-state index in [0.717, 1.165) is 32.4 Å².